The molecule has 2 amide bonds. The number of halogens is 6. The second kappa shape index (κ2) is 7.26. The highest BCUT2D eigenvalue weighted by Crippen LogP contribution is 2.42. The Labute approximate surface area is 167 Å². The highest BCUT2D eigenvalue weighted by Gasteiger charge is 2.32. The summed E-state index contributed by atoms with van der Waals surface area (Å²) in [4.78, 5) is 18.7. The van der Waals surface area contributed by atoms with Crippen LogP contribution in [0.15, 0.2) is 24.4 Å². The van der Waals surface area contributed by atoms with Gasteiger partial charge in [0, 0.05) is 32.0 Å². The van der Waals surface area contributed by atoms with Gasteiger partial charge >= 0.3 is 12.2 Å². The number of likely N-dealkylation sites (N-methyl/N-ethyl adjacent to an activating group) is 1. The van der Waals surface area contributed by atoms with Gasteiger partial charge in [-0.3, -0.25) is 4.90 Å². The van der Waals surface area contributed by atoms with Crippen molar-refractivity contribution in [2.24, 2.45) is 0 Å². The van der Waals surface area contributed by atoms with Gasteiger partial charge < -0.3 is 9.64 Å². The molecule has 1 aliphatic heterocycles. The molecule has 0 unspecified atom stereocenters. The zero-order chi connectivity index (χ0) is 19.9. The van der Waals surface area contributed by atoms with Crippen LogP contribution < -0.4 is 9.64 Å². The summed E-state index contributed by atoms with van der Waals surface area (Å²) in [6, 6.07) is 3.43. The summed E-state index contributed by atoms with van der Waals surface area (Å²) in [5.74, 6) is -0.311. The molecule has 0 N–H and O–H groups in total. The molecule has 2 heterocycles. The highest BCUT2D eigenvalue weighted by atomic mass is 35.5. The molecule has 1 aromatic heterocycles. The first-order chi connectivity index (χ1) is 12.6. The second-order valence-electron chi connectivity index (χ2n) is 5.71. The molecule has 1 aromatic carbocycles. The van der Waals surface area contributed by atoms with Gasteiger partial charge in [0.15, 0.2) is 5.75 Å². The lowest BCUT2D eigenvalue weighted by atomic mass is 10.2. The van der Waals surface area contributed by atoms with E-state index in [1.54, 1.807) is 7.05 Å². The van der Waals surface area contributed by atoms with Crippen molar-refractivity contribution >= 4 is 46.5 Å². The van der Waals surface area contributed by atoms with Crippen molar-refractivity contribution in [2.75, 3.05) is 25.0 Å². The van der Waals surface area contributed by atoms with Crippen molar-refractivity contribution in [2.45, 2.75) is 6.18 Å². The number of alkyl halides is 3. The summed E-state index contributed by atoms with van der Waals surface area (Å²) in [6.45, 7) is 1.02. The Morgan fingerprint density at radius 1 is 1.07 bits per heavy atom. The van der Waals surface area contributed by atoms with Crippen molar-refractivity contribution < 1.29 is 22.7 Å². The van der Waals surface area contributed by atoms with Crippen LogP contribution in [-0.4, -0.2) is 36.1 Å². The summed E-state index contributed by atoms with van der Waals surface area (Å²) in [5.41, 5.74) is -0.540. The van der Waals surface area contributed by atoms with Crippen molar-refractivity contribution in [3.63, 3.8) is 0 Å². The number of ether oxygens (including phenoxy) is 1. The van der Waals surface area contributed by atoms with E-state index in [-0.39, 0.29) is 32.7 Å². The Hall–Kier alpha value is -1.90. The predicted molar refractivity (Wildman–Crippen MR) is 96.2 cm³/mol. The van der Waals surface area contributed by atoms with E-state index >= 15 is 0 Å². The lowest BCUT2D eigenvalue weighted by Gasteiger charge is -2.18. The number of carbonyl (C=O) groups excluding carboxylic acids is 1. The Morgan fingerprint density at radius 3 is 2.19 bits per heavy atom. The van der Waals surface area contributed by atoms with Gasteiger partial charge in [0.2, 0.25) is 5.88 Å². The normalized spacial score (nSPS) is 14.9. The van der Waals surface area contributed by atoms with Gasteiger partial charge in [-0.05, 0) is 18.2 Å². The molecule has 0 radical (unpaired) electrons. The van der Waals surface area contributed by atoms with E-state index in [1.807, 2.05) is 0 Å². The number of aromatic nitrogens is 1. The predicted octanol–water partition coefficient (Wildman–Crippen LogP) is 5.72. The van der Waals surface area contributed by atoms with Crippen molar-refractivity contribution in [1.29, 1.82) is 0 Å². The standard InChI is InChI=1S/C16H11Cl3F3N3O2/c1-24-2-3-25(15(24)26)9-5-10(17)13(11(18)6-9)27-14-12(19)4-8(7-23-14)16(20,21)22/h4-7H,2-3H2,1H3. The molecule has 27 heavy (non-hydrogen) atoms. The Balaban J connectivity index is 1.89. The first-order valence-electron chi connectivity index (χ1n) is 7.50. The molecule has 0 aliphatic carbocycles. The van der Waals surface area contributed by atoms with Crippen LogP contribution >= 0.6 is 34.8 Å². The van der Waals surface area contributed by atoms with Gasteiger partial charge in [0.05, 0.1) is 15.6 Å². The number of urea groups is 1. The fraction of sp³-hybridized carbons (Fsp3) is 0.250. The third-order valence-corrected chi connectivity index (χ3v) is 4.68. The molecule has 0 saturated carbocycles. The molecule has 1 saturated heterocycles. The smallest absolute Gasteiger partial charge is 0.417 e. The summed E-state index contributed by atoms with van der Waals surface area (Å²) in [7, 11) is 1.67. The maximum Gasteiger partial charge on any atom is 0.417 e. The van der Waals surface area contributed by atoms with E-state index < -0.39 is 11.7 Å². The van der Waals surface area contributed by atoms with Crippen LogP contribution in [0.3, 0.4) is 0 Å². The minimum Gasteiger partial charge on any atom is -0.434 e. The second-order valence-corrected chi connectivity index (χ2v) is 6.93. The molecular weight excluding hydrogens is 430 g/mol. The van der Waals surface area contributed by atoms with Gasteiger partial charge in [-0.15, -0.1) is 0 Å². The van der Waals surface area contributed by atoms with Gasteiger partial charge in [0.25, 0.3) is 0 Å². The number of hydrogen-bond acceptors (Lipinski definition) is 3. The van der Waals surface area contributed by atoms with Crippen molar-refractivity contribution in [3.8, 4) is 11.6 Å². The SMILES string of the molecule is CN1CCN(c2cc(Cl)c(Oc3ncc(C(F)(F)F)cc3Cl)c(Cl)c2)C1=O. The molecule has 0 bridgehead atoms. The maximum absolute atomic E-state index is 12.7. The first-order valence-corrected chi connectivity index (χ1v) is 8.63. The number of carbonyl (C=O) groups is 1. The highest BCUT2D eigenvalue weighted by molar-refractivity contribution is 6.38. The van der Waals surface area contributed by atoms with Crippen molar-refractivity contribution in [1.82, 2.24) is 9.88 Å². The van der Waals surface area contributed by atoms with Crippen LogP contribution in [0.1, 0.15) is 5.56 Å². The average Bonchev–Trinajstić information content (AvgIpc) is 2.90. The minimum absolute atomic E-state index is 0.0313. The first kappa shape index (κ1) is 19.9. The molecule has 1 fully saturated rings. The van der Waals surface area contributed by atoms with Crippen LogP contribution in [0.25, 0.3) is 0 Å². The fourth-order valence-corrected chi connectivity index (χ4v) is 3.20. The minimum atomic E-state index is -4.58. The van der Waals surface area contributed by atoms with Crippen LogP contribution in [0.5, 0.6) is 11.6 Å². The number of pyridine rings is 1. The fourth-order valence-electron chi connectivity index (χ4n) is 2.44. The largest absolute Gasteiger partial charge is 0.434 e. The van der Waals surface area contributed by atoms with E-state index in [4.69, 9.17) is 39.5 Å². The quantitative estimate of drug-likeness (QED) is 0.613. The molecule has 5 nitrogen and oxygen atoms in total. The molecule has 0 spiro atoms. The van der Waals surface area contributed by atoms with E-state index in [0.717, 1.165) is 0 Å². The Bertz CT molecular complexity index is 885. The Morgan fingerprint density at radius 2 is 1.70 bits per heavy atom. The van der Waals surface area contributed by atoms with Crippen LogP contribution in [-0.2, 0) is 6.18 Å². The number of rotatable bonds is 3. The third kappa shape index (κ3) is 4.02. The van der Waals surface area contributed by atoms with E-state index in [2.05, 4.69) is 4.98 Å². The zero-order valence-corrected chi connectivity index (χ0v) is 15.9. The van der Waals surface area contributed by atoms with E-state index in [9.17, 15) is 18.0 Å². The van der Waals surface area contributed by atoms with Crippen molar-refractivity contribution in [3.05, 3.63) is 45.0 Å². The monoisotopic (exact) mass is 439 g/mol. The number of benzene rings is 1. The number of amides is 2. The molecule has 144 valence electrons. The van der Waals surface area contributed by atoms with Crippen LogP contribution in [0.4, 0.5) is 23.7 Å². The molecule has 2 aromatic rings. The summed E-state index contributed by atoms with van der Waals surface area (Å²) < 4.78 is 43.5. The van der Waals surface area contributed by atoms with Gasteiger partial charge in [0.1, 0.15) is 5.02 Å². The van der Waals surface area contributed by atoms with Gasteiger partial charge in [-0.1, -0.05) is 34.8 Å². The number of hydrogen-bond donors (Lipinski definition) is 0. The third-order valence-electron chi connectivity index (χ3n) is 3.84. The molecule has 0 atom stereocenters. The summed E-state index contributed by atoms with van der Waals surface area (Å²) in [5, 5.41) is -0.243. The number of anilines is 1. The van der Waals surface area contributed by atoms with Gasteiger partial charge in [-0.2, -0.15) is 13.2 Å². The van der Waals surface area contributed by atoms with E-state index in [0.29, 0.717) is 31.0 Å². The number of nitrogens with zero attached hydrogens (tertiary/aromatic N) is 3. The lowest BCUT2D eigenvalue weighted by molar-refractivity contribution is -0.137. The lowest BCUT2D eigenvalue weighted by Crippen LogP contribution is -2.29. The summed E-state index contributed by atoms with van der Waals surface area (Å²) in [6.07, 6.45) is -3.99. The maximum atomic E-state index is 12.7. The van der Waals surface area contributed by atoms with Crippen LogP contribution in [0, 0.1) is 0 Å². The van der Waals surface area contributed by atoms with Crippen LogP contribution in [0.2, 0.25) is 15.1 Å². The topological polar surface area (TPSA) is 45.7 Å². The molecule has 3 rings (SSSR count). The van der Waals surface area contributed by atoms with E-state index in [1.165, 1.54) is 21.9 Å². The molecular formula is C16H11Cl3F3N3O2. The molecule has 1 aliphatic rings. The summed E-state index contributed by atoms with van der Waals surface area (Å²) >= 11 is 18.2. The molecule has 11 heteroatoms. The average molecular weight is 441 g/mol. The zero-order valence-electron chi connectivity index (χ0n) is 13.6. The Kier molecular flexibility index (Phi) is 5.33. The van der Waals surface area contributed by atoms with Gasteiger partial charge in [-0.25, -0.2) is 9.78 Å².